The summed E-state index contributed by atoms with van der Waals surface area (Å²) in [6.07, 6.45) is 9.93. The Labute approximate surface area is 87.0 Å². The summed E-state index contributed by atoms with van der Waals surface area (Å²) < 4.78 is 5.19. The molecule has 0 radical (unpaired) electrons. The fourth-order valence-electron chi connectivity index (χ4n) is 1.25. The van der Waals surface area contributed by atoms with Gasteiger partial charge in [-0.05, 0) is 38.5 Å². The standard InChI is InChI=1S/C10H23NOS/c1-11-9-7-5-3-4-6-8-10-12-13-2/h11H,3-10H2,1-2H3. The second-order valence-corrected chi connectivity index (χ2v) is 3.78. The first-order valence-corrected chi connectivity index (χ1v) is 6.37. The zero-order valence-electron chi connectivity index (χ0n) is 8.97. The molecule has 0 spiro atoms. The molecule has 2 nitrogen and oxygen atoms in total. The largest absolute Gasteiger partial charge is 0.320 e. The summed E-state index contributed by atoms with van der Waals surface area (Å²) in [6, 6.07) is 0. The molecule has 80 valence electrons. The van der Waals surface area contributed by atoms with Gasteiger partial charge in [-0.1, -0.05) is 25.7 Å². The lowest BCUT2D eigenvalue weighted by molar-refractivity contribution is 0.356. The topological polar surface area (TPSA) is 21.3 Å². The number of hydrogen-bond acceptors (Lipinski definition) is 3. The van der Waals surface area contributed by atoms with E-state index in [4.69, 9.17) is 4.18 Å². The Balaban J connectivity index is 2.76. The summed E-state index contributed by atoms with van der Waals surface area (Å²) >= 11 is 1.47. The van der Waals surface area contributed by atoms with E-state index in [-0.39, 0.29) is 0 Å². The molecule has 0 atom stereocenters. The molecule has 0 aliphatic heterocycles. The molecule has 0 saturated heterocycles. The number of hydrogen-bond donors (Lipinski definition) is 1. The molecule has 0 saturated carbocycles. The van der Waals surface area contributed by atoms with Crippen LogP contribution in [0.3, 0.4) is 0 Å². The van der Waals surface area contributed by atoms with Crippen LogP contribution in [0.5, 0.6) is 0 Å². The molecule has 0 aliphatic carbocycles. The van der Waals surface area contributed by atoms with Gasteiger partial charge in [0.15, 0.2) is 0 Å². The van der Waals surface area contributed by atoms with Gasteiger partial charge in [0.25, 0.3) is 0 Å². The van der Waals surface area contributed by atoms with Crippen molar-refractivity contribution in [3.8, 4) is 0 Å². The average molecular weight is 205 g/mol. The van der Waals surface area contributed by atoms with Gasteiger partial charge in [0.1, 0.15) is 0 Å². The van der Waals surface area contributed by atoms with Gasteiger partial charge in [-0.15, -0.1) is 0 Å². The van der Waals surface area contributed by atoms with Crippen LogP contribution in [0.2, 0.25) is 0 Å². The molecule has 0 aromatic heterocycles. The van der Waals surface area contributed by atoms with Gasteiger partial charge in [0.2, 0.25) is 0 Å². The number of unbranched alkanes of at least 4 members (excludes halogenated alkanes) is 5. The van der Waals surface area contributed by atoms with Crippen LogP contribution in [-0.4, -0.2) is 26.5 Å². The minimum Gasteiger partial charge on any atom is -0.320 e. The maximum atomic E-state index is 5.19. The molecule has 1 N–H and O–H groups in total. The first kappa shape index (κ1) is 13.3. The smallest absolute Gasteiger partial charge is 0.0613 e. The van der Waals surface area contributed by atoms with Crippen molar-refractivity contribution >= 4 is 12.0 Å². The van der Waals surface area contributed by atoms with E-state index in [0.29, 0.717) is 0 Å². The molecular formula is C10H23NOS. The van der Waals surface area contributed by atoms with Crippen LogP contribution in [-0.2, 0) is 4.18 Å². The van der Waals surface area contributed by atoms with Crippen molar-refractivity contribution in [1.29, 1.82) is 0 Å². The van der Waals surface area contributed by atoms with Crippen LogP contribution in [0, 0.1) is 0 Å². The molecule has 0 bridgehead atoms. The normalized spacial score (nSPS) is 10.6. The molecule has 0 amide bonds. The molecule has 0 fully saturated rings. The Bertz CT molecular complexity index is 81.0. The Morgan fingerprint density at radius 2 is 1.62 bits per heavy atom. The van der Waals surface area contributed by atoms with Gasteiger partial charge in [-0.2, -0.15) is 0 Å². The van der Waals surface area contributed by atoms with Gasteiger partial charge < -0.3 is 9.50 Å². The molecule has 0 rings (SSSR count). The third-order valence-electron chi connectivity index (χ3n) is 2.02. The van der Waals surface area contributed by atoms with E-state index < -0.39 is 0 Å². The minimum absolute atomic E-state index is 0.914. The van der Waals surface area contributed by atoms with E-state index in [0.717, 1.165) is 13.2 Å². The minimum atomic E-state index is 0.914. The first-order valence-electron chi connectivity index (χ1n) is 5.22. The Morgan fingerprint density at radius 3 is 2.23 bits per heavy atom. The summed E-state index contributed by atoms with van der Waals surface area (Å²) in [7, 11) is 2.01. The highest BCUT2D eigenvalue weighted by molar-refractivity contribution is 7.93. The second-order valence-electron chi connectivity index (χ2n) is 3.21. The highest BCUT2D eigenvalue weighted by Crippen LogP contribution is 2.06. The van der Waals surface area contributed by atoms with Gasteiger partial charge in [-0.25, -0.2) is 0 Å². The average Bonchev–Trinajstić information content (AvgIpc) is 2.16. The quantitative estimate of drug-likeness (QED) is 0.438. The predicted molar refractivity (Wildman–Crippen MR) is 61.1 cm³/mol. The molecular weight excluding hydrogens is 182 g/mol. The van der Waals surface area contributed by atoms with E-state index in [9.17, 15) is 0 Å². The Kier molecular flexibility index (Phi) is 12.5. The van der Waals surface area contributed by atoms with E-state index in [1.54, 1.807) is 0 Å². The summed E-state index contributed by atoms with van der Waals surface area (Å²) in [5, 5.41) is 3.16. The zero-order valence-corrected chi connectivity index (χ0v) is 9.79. The molecule has 13 heavy (non-hydrogen) atoms. The van der Waals surface area contributed by atoms with Crippen molar-refractivity contribution in [3.05, 3.63) is 0 Å². The summed E-state index contributed by atoms with van der Waals surface area (Å²) in [5.41, 5.74) is 0. The fraction of sp³-hybridized carbons (Fsp3) is 1.00. The monoisotopic (exact) mass is 205 g/mol. The molecule has 0 aromatic rings. The van der Waals surface area contributed by atoms with Gasteiger partial charge >= 0.3 is 0 Å². The van der Waals surface area contributed by atoms with Crippen molar-refractivity contribution < 1.29 is 4.18 Å². The fourth-order valence-corrected chi connectivity index (χ4v) is 1.54. The summed E-state index contributed by atoms with van der Waals surface area (Å²) in [5.74, 6) is 0. The lowest BCUT2D eigenvalue weighted by Gasteiger charge is -2.01. The highest BCUT2D eigenvalue weighted by atomic mass is 32.2. The molecule has 3 heteroatoms. The van der Waals surface area contributed by atoms with Crippen LogP contribution in [0.25, 0.3) is 0 Å². The molecule has 0 aliphatic rings. The van der Waals surface area contributed by atoms with Crippen LogP contribution < -0.4 is 5.32 Å². The maximum Gasteiger partial charge on any atom is 0.0613 e. The van der Waals surface area contributed by atoms with Crippen LogP contribution in [0.1, 0.15) is 38.5 Å². The molecule has 0 heterocycles. The van der Waals surface area contributed by atoms with Crippen LogP contribution >= 0.6 is 12.0 Å². The Hall–Kier alpha value is 0.270. The van der Waals surface area contributed by atoms with Gasteiger partial charge in [0, 0.05) is 6.26 Å². The van der Waals surface area contributed by atoms with Gasteiger partial charge in [0.05, 0.1) is 6.61 Å². The van der Waals surface area contributed by atoms with E-state index in [2.05, 4.69) is 5.32 Å². The zero-order chi connectivity index (χ0) is 9.78. The highest BCUT2D eigenvalue weighted by Gasteiger charge is 1.91. The van der Waals surface area contributed by atoms with Crippen LogP contribution in [0.15, 0.2) is 0 Å². The van der Waals surface area contributed by atoms with E-state index in [1.165, 1.54) is 50.6 Å². The lowest BCUT2D eigenvalue weighted by atomic mass is 10.1. The van der Waals surface area contributed by atoms with Crippen molar-refractivity contribution in [2.45, 2.75) is 38.5 Å². The summed E-state index contributed by atoms with van der Waals surface area (Å²) in [6.45, 7) is 2.08. The SMILES string of the molecule is CNCCCCCCCCOSC. The predicted octanol–water partition coefficient (Wildman–Crippen LogP) is 2.84. The second kappa shape index (κ2) is 12.3. The lowest BCUT2D eigenvalue weighted by Crippen LogP contribution is -2.06. The van der Waals surface area contributed by atoms with E-state index in [1.807, 2.05) is 13.3 Å². The maximum absolute atomic E-state index is 5.19. The van der Waals surface area contributed by atoms with Crippen molar-refractivity contribution in [2.24, 2.45) is 0 Å². The molecule has 0 aromatic carbocycles. The van der Waals surface area contributed by atoms with Crippen molar-refractivity contribution in [2.75, 3.05) is 26.5 Å². The van der Waals surface area contributed by atoms with Crippen molar-refractivity contribution in [3.63, 3.8) is 0 Å². The third-order valence-corrected chi connectivity index (χ3v) is 2.42. The summed E-state index contributed by atoms with van der Waals surface area (Å²) in [4.78, 5) is 0. The van der Waals surface area contributed by atoms with E-state index >= 15 is 0 Å². The van der Waals surface area contributed by atoms with Crippen molar-refractivity contribution in [1.82, 2.24) is 5.32 Å². The molecule has 0 unspecified atom stereocenters. The number of rotatable bonds is 10. The van der Waals surface area contributed by atoms with Gasteiger partial charge in [-0.3, -0.25) is 0 Å². The van der Waals surface area contributed by atoms with Crippen LogP contribution in [0.4, 0.5) is 0 Å². The number of nitrogens with one attached hydrogen (secondary N) is 1. The first-order chi connectivity index (χ1) is 6.41. The third kappa shape index (κ3) is 12.3. The Morgan fingerprint density at radius 1 is 1.00 bits per heavy atom.